The van der Waals surface area contributed by atoms with Crippen molar-refractivity contribution < 1.29 is 4.79 Å². The van der Waals surface area contributed by atoms with E-state index in [1.54, 1.807) is 0 Å². The van der Waals surface area contributed by atoms with Gasteiger partial charge in [-0.15, -0.1) is 0 Å². The van der Waals surface area contributed by atoms with Gasteiger partial charge in [0.15, 0.2) is 0 Å². The monoisotopic (exact) mass is 172 g/mol. The molecule has 2 rings (SSSR count). The molecule has 2 heterocycles. The zero-order chi connectivity index (χ0) is 7.90. The molecule has 2 fully saturated rings. The minimum absolute atomic E-state index is 0.00958. The van der Waals surface area contributed by atoms with Crippen LogP contribution in [0.4, 0.5) is 0 Å². The standard InChI is InChI=1S/C7H12N2OS/c1-5-6(10)8-2-7(9-5)3-11-4-7/h5,9H,2-4H2,1H3,(H,8,10). The quantitative estimate of drug-likeness (QED) is 0.521. The van der Waals surface area contributed by atoms with Crippen LogP contribution in [0.25, 0.3) is 0 Å². The highest BCUT2D eigenvalue weighted by Crippen LogP contribution is 2.30. The Morgan fingerprint density at radius 2 is 2.36 bits per heavy atom. The molecule has 0 aromatic carbocycles. The third kappa shape index (κ3) is 1.14. The summed E-state index contributed by atoms with van der Waals surface area (Å²) in [5.74, 6) is 2.41. The number of carbonyl (C=O) groups is 1. The summed E-state index contributed by atoms with van der Waals surface area (Å²) in [6, 6.07) is -0.00958. The average molecular weight is 172 g/mol. The van der Waals surface area contributed by atoms with Crippen LogP contribution in [0.15, 0.2) is 0 Å². The number of piperazine rings is 1. The first-order chi connectivity index (χ1) is 5.22. The van der Waals surface area contributed by atoms with E-state index in [4.69, 9.17) is 0 Å². The smallest absolute Gasteiger partial charge is 0.236 e. The predicted molar refractivity (Wildman–Crippen MR) is 45.7 cm³/mol. The molecule has 1 amide bonds. The van der Waals surface area contributed by atoms with Gasteiger partial charge in [-0.25, -0.2) is 0 Å². The molecular weight excluding hydrogens is 160 g/mol. The SMILES string of the molecule is CC1NC2(CNC1=O)CSC2. The van der Waals surface area contributed by atoms with Gasteiger partial charge in [0.05, 0.1) is 11.6 Å². The second-order valence-corrected chi connectivity index (χ2v) is 4.34. The first-order valence-corrected chi connectivity index (χ1v) is 5.01. The number of carbonyl (C=O) groups excluding carboxylic acids is 1. The number of hydrogen-bond acceptors (Lipinski definition) is 3. The van der Waals surface area contributed by atoms with Crippen LogP contribution < -0.4 is 10.6 Å². The molecule has 2 saturated heterocycles. The Kier molecular flexibility index (Phi) is 1.61. The number of hydrogen-bond donors (Lipinski definition) is 2. The van der Waals surface area contributed by atoms with Crippen molar-refractivity contribution in [3.8, 4) is 0 Å². The minimum atomic E-state index is -0.00958. The van der Waals surface area contributed by atoms with Crippen molar-refractivity contribution in [2.75, 3.05) is 18.1 Å². The topological polar surface area (TPSA) is 41.1 Å². The minimum Gasteiger partial charge on any atom is -0.353 e. The molecule has 0 bridgehead atoms. The van der Waals surface area contributed by atoms with Crippen molar-refractivity contribution in [3.05, 3.63) is 0 Å². The Morgan fingerprint density at radius 1 is 1.64 bits per heavy atom. The fourth-order valence-electron chi connectivity index (χ4n) is 1.52. The summed E-state index contributed by atoms with van der Waals surface area (Å²) in [6.45, 7) is 2.72. The van der Waals surface area contributed by atoms with Gasteiger partial charge >= 0.3 is 0 Å². The lowest BCUT2D eigenvalue weighted by Gasteiger charge is -2.46. The van der Waals surface area contributed by atoms with Gasteiger partial charge in [-0.1, -0.05) is 0 Å². The molecule has 0 saturated carbocycles. The third-order valence-corrected chi connectivity index (χ3v) is 3.79. The number of thioether (sulfide) groups is 1. The van der Waals surface area contributed by atoms with Crippen molar-refractivity contribution in [1.29, 1.82) is 0 Å². The Morgan fingerprint density at radius 3 is 2.82 bits per heavy atom. The molecule has 62 valence electrons. The highest BCUT2D eigenvalue weighted by atomic mass is 32.2. The van der Waals surface area contributed by atoms with Crippen LogP contribution in [-0.4, -0.2) is 35.5 Å². The molecule has 1 unspecified atom stereocenters. The lowest BCUT2D eigenvalue weighted by Crippen LogP contribution is -2.71. The highest BCUT2D eigenvalue weighted by molar-refractivity contribution is 8.00. The van der Waals surface area contributed by atoms with Crippen molar-refractivity contribution in [1.82, 2.24) is 10.6 Å². The summed E-state index contributed by atoms with van der Waals surface area (Å²) in [4.78, 5) is 11.0. The normalized spacial score (nSPS) is 34.6. The lowest BCUT2D eigenvalue weighted by atomic mass is 9.99. The zero-order valence-electron chi connectivity index (χ0n) is 6.52. The van der Waals surface area contributed by atoms with E-state index in [0.717, 1.165) is 18.1 Å². The molecule has 1 atom stereocenters. The molecule has 3 nitrogen and oxygen atoms in total. The van der Waals surface area contributed by atoms with Crippen LogP contribution in [0.2, 0.25) is 0 Å². The van der Waals surface area contributed by atoms with E-state index in [1.165, 1.54) is 0 Å². The second kappa shape index (κ2) is 2.38. The lowest BCUT2D eigenvalue weighted by molar-refractivity contribution is -0.125. The maximum atomic E-state index is 11.0. The van der Waals surface area contributed by atoms with Crippen molar-refractivity contribution in [2.24, 2.45) is 0 Å². The van der Waals surface area contributed by atoms with Crippen LogP contribution in [0.3, 0.4) is 0 Å². The summed E-state index contributed by atoms with van der Waals surface area (Å²) in [5.41, 5.74) is 0.234. The maximum Gasteiger partial charge on any atom is 0.236 e. The molecule has 0 aromatic heterocycles. The largest absolute Gasteiger partial charge is 0.353 e. The number of rotatable bonds is 0. The summed E-state index contributed by atoms with van der Waals surface area (Å²) >= 11 is 1.93. The van der Waals surface area contributed by atoms with E-state index < -0.39 is 0 Å². The molecule has 0 aromatic rings. The Hall–Kier alpha value is -0.220. The predicted octanol–water partition coefficient (Wildman–Crippen LogP) is -0.420. The van der Waals surface area contributed by atoms with Crippen LogP contribution in [0.1, 0.15) is 6.92 Å². The highest BCUT2D eigenvalue weighted by Gasteiger charge is 2.42. The van der Waals surface area contributed by atoms with Crippen LogP contribution in [0.5, 0.6) is 0 Å². The van der Waals surface area contributed by atoms with Gasteiger partial charge in [0.2, 0.25) is 5.91 Å². The van der Waals surface area contributed by atoms with Gasteiger partial charge < -0.3 is 5.32 Å². The fraction of sp³-hybridized carbons (Fsp3) is 0.857. The Labute approximate surface area is 70.3 Å². The Balaban J connectivity index is 2.02. The van der Waals surface area contributed by atoms with E-state index in [2.05, 4.69) is 10.6 Å². The molecule has 4 heteroatoms. The van der Waals surface area contributed by atoms with E-state index in [0.29, 0.717) is 0 Å². The Bertz CT molecular complexity index is 191. The summed E-state index contributed by atoms with van der Waals surface area (Å²) in [7, 11) is 0. The van der Waals surface area contributed by atoms with Crippen molar-refractivity contribution >= 4 is 17.7 Å². The molecule has 11 heavy (non-hydrogen) atoms. The maximum absolute atomic E-state index is 11.0. The van der Waals surface area contributed by atoms with Gasteiger partial charge in [0.1, 0.15) is 0 Å². The first-order valence-electron chi connectivity index (χ1n) is 3.85. The van der Waals surface area contributed by atoms with Gasteiger partial charge in [-0.2, -0.15) is 11.8 Å². The molecule has 0 aliphatic carbocycles. The van der Waals surface area contributed by atoms with E-state index in [1.807, 2.05) is 18.7 Å². The fourth-order valence-corrected chi connectivity index (χ4v) is 2.59. The van der Waals surface area contributed by atoms with Crippen LogP contribution in [-0.2, 0) is 4.79 Å². The van der Waals surface area contributed by atoms with Gasteiger partial charge in [0.25, 0.3) is 0 Å². The van der Waals surface area contributed by atoms with Gasteiger partial charge in [-0.3, -0.25) is 10.1 Å². The molecule has 2 N–H and O–H groups in total. The summed E-state index contributed by atoms with van der Waals surface area (Å²) in [6.07, 6.45) is 0. The van der Waals surface area contributed by atoms with Crippen LogP contribution in [0, 0.1) is 0 Å². The second-order valence-electron chi connectivity index (χ2n) is 3.36. The van der Waals surface area contributed by atoms with E-state index in [-0.39, 0.29) is 17.5 Å². The summed E-state index contributed by atoms with van der Waals surface area (Å²) in [5, 5.41) is 6.26. The van der Waals surface area contributed by atoms with Gasteiger partial charge in [0, 0.05) is 18.1 Å². The molecular formula is C7H12N2OS. The van der Waals surface area contributed by atoms with E-state index in [9.17, 15) is 4.79 Å². The van der Waals surface area contributed by atoms with Crippen molar-refractivity contribution in [3.63, 3.8) is 0 Å². The first kappa shape index (κ1) is 7.43. The number of nitrogens with one attached hydrogen (secondary N) is 2. The molecule has 0 radical (unpaired) electrons. The third-order valence-electron chi connectivity index (χ3n) is 2.27. The molecule has 1 spiro atoms. The average Bonchev–Trinajstić information content (AvgIpc) is 1.92. The van der Waals surface area contributed by atoms with E-state index >= 15 is 0 Å². The van der Waals surface area contributed by atoms with Gasteiger partial charge in [-0.05, 0) is 6.92 Å². The number of amides is 1. The molecule has 2 aliphatic heterocycles. The molecule has 2 aliphatic rings. The van der Waals surface area contributed by atoms with Crippen LogP contribution >= 0.6 is 11.8 Å². The summed E-state index contributed by atoms with van der Waals surface area (Å²) < 4.78 is 0. The zero-order valence-corrected chi connectivity index (χ0v) is 7.33. The van der Waals surface area contributed by atoms with Crippen molar-refractivity contribution in [2.45, 2.75) is 18.5 Å².